The van der Waals surface area contributed by atoms with Gasteiger partial charge < -0.3 is 4.74 Å². The molecular weight excluding hydrogens is 304 g/mol. The van der Waals surface area contributed by atoms with E-state index in [1.807, 2.05) is 6.08 Å². The Hall–Kier alpha value is -0.560. The topological polar surface area (TPSA) is 9.23 Å². The lowest BCUT2D eigenvalue weighted by molar-refractivity contribution is 0.0245. The molecule has 0 aromatic heterocycles. The molecule has 1 heterocycles. The van der Waals surface area contributed by atoms with Crippen LogP contribution in [0.3, 0.4) is 0 Å². The number of rotatable bonds is 6. The molecule has 2 atom stereocenters. The first-order valence-electron chi connectivity index (χ1n) is 11.2. The molecule has 1 nitrogen and oxygen atoms in total. The first-order valence-corrected chi connectivity index (χ1v) is 11.2. The van der Waals surface area contributed by atoms with Gasteiger partial charge in [-0.2, -0.15) is 0 Å². The lowest BCUT2D eigenvalue weighted by Crippen LogP contribution is -2.26. The zero-order chi connectivity index (χ0) is 17.5. The lowest BCUT2D eigenvalue weighted by Gasteiger charge is -2.37. The fraction of sp³-hybridized carbons (Fsp3) is 0.833. The second-order valence-corrected chi connectivity index (χ2v) is 9.07. The first-order chi connectivity index (χ1) is 12.3. The smallest absolute Gasteiger partial charge is 0.0753 e. The summed E-state index contributed by atoms with van der Waals surface area (Å²) in [4.78, 5) is 0. The van der Waals surface area contributed by atoms with Crippen LogP contribution in [0.4, 0.5) is 0 Å². The molecule has 1 heteroatoms. The predicted octanol–water partition coefficient (Wildman–Crippen LogP) is 6.94. The van der Waals surface area contributed by atoms with Crippen molar-refractivity contribution in [2.45, 2.75) is 90.1 Å². The Labute approximate surface area is 156 Å². The summed E-state index contributed by atoms with van der Waals surface area (Å²) in [6, 6.07) is 0. The van der Waals surface area contributed by atoms with Gasteiger partial charge in [0.2, 0.25) is 0 Å². The molecule has 3 fully saturated rings. The van der Waals surface area contributed by atoms with Gasteiger partial charge in [-0.05, 0) is 75.0 Å². The summed E-state index contributed by atoms with van der Waals surface area (Å²) in [7, 11) is 0. The highest BCUT2D eigenvalue weighted by Gasteiger charge is 2.30. The van der Waals surface area contributed by atoms with Gasteiger partial charge in [0.05, 0.1) is 12.7 Å². The molecule has 0 radical (unpaired) electrons. The Morgan fingerprint density at radius 2 is 1.40 bits per heavy atom. The van der Waals surface area contributed by atoms with Gasteiger partial charge in [-0.15, -0.1) is 6.58 Å². The Bertz CT molecular complexity index is 402. The molecule has 3 aliphatic rings. The van der Waals surface area contributed by atoms with Crippen molar-refractivity contribution in [2.75, 3.05) is 6.61 Å². The lowest BCUT2D eigenvalue weighted by atomic mass is 9.68. The largest absolute Gasteiger partial charge is 0.374 e. The van der Waals surface area contributed by atoms with E-state index in [2.05, 4.69) is 25.7 Å². The van der Waals surface area contributed by atoms with Crippen LogP contribution in [0.2, 0.25) is 0 Å². The van der Waals surface area contributed by atoms with E-state index >= 15 is 0 Å². The average Bonchev–Trinajstić information content (AvgIpc) is 2.68. The molecule has 0 amide bonds. The van der Waals surface area contributed by atoms with E-state index in [9.17, 15) is 0 Å². The van der Waals surface area contributed by atoms with E-state index in [4.69, 9.17) is 4.74 Å². The quantitative estimate of drug-likeness (QED) is 0.474. The zero-order valence-electron chi connectivity index (χ0n) is 16.5. The van der Waals surface area contributed by atoms with Gasteiger partial charge in [0.1, 0.15) is 0 Å². The molecular formula is C24H40O. The molecule has 0 spiro atoms. The minimum Gasteiger partial charge on any atom is -0.374 e. The van der Waals surface area contributed by atoms with Crippen molar-refractivity contribution in [1.82, 2.24) is 0 Å². The summed E-state index contributed by atoms with van der Waals surface area (Å²) < 4.78 is 5.83. The van der Waals surface area contributed by atoms with Crippen LogP contribution in [-0.4, -0.2) is 12.7 Å². The molecule has 2 aliphatic carbocycles. The number of hydrogen-bond donors (Lipinski definition) is 0. The SMILES string of the molecule is C=CC1CCC(/C=C/C2CCC(C3CCC(CCC)CC3)CC2)CO1. The summed E-state index contributed by atoms with van der Waals surface area (Å²) >= 11 is 0. The van der Waals surface area contributed by atoms with E-state index in [0.29, 0.717) is 12.0 Å². The van der Waals surface area contributed by atoms with E-state index in [-0.39, 0.29) is 0 Å². The Morgan fingerprint density at radius 1 is 0.800 bits per heavy atom. The van der Waals surface area contributed by atoms with Crippen molar-refractivity contribution >= 4 is 0 Å². The highest BCUT2D eigenvalue weighted by atomic mass is 16.5. The number of ether oxygens (including phenoxy) is 1. The van der Waals surface area contributed by atoms with Crippen LogP contribution in [0.25, 0.3) is 0 Å². The van der Waals surface area contributed by atoms with E-state index < -0.39 is 0 Å². The van der Waals surface area contributed by atoms with Crippen molar-refractivity contribution < 1.29 is 4.74 Å². The van der Waals surface area contributed by atoms with Gasteiger partial charge in [0.15, 0.2) is 0 Å². The minimum atomic E-state index is 0.299. The molecule has 142 valence electrons. The van der Waals surface area contributed by atoms with E-state index in [0.717, 1.165) is 36.7 Å². The number of allylic oxidation sites excluding steroid dienone is 1. The molecule has 2 unspecified atom stereocenters. The van der Waals surface area contributed by atoms with E-state index in [1.54, 1.807) is 0 Å². The molecule has 25 heavy (non-hydrogen) atoms. The molecule has 0 aromatic rings. The van der Waals surface area contributed by atoms with Crippen LogP contribution >= 0.6 is 0 Å². The first kappa shape index (κ1) is 19.2. The van der Waals surface area contributed by atoms with Crippen LogP contribution in [0, 0.1) is 29.6 Å². The standard InChI is InChI=1S/C24H40O/c1-3-5-19-8-13-22(14-9-19)23-15-10-20(11-16-23)6-7-21-12-17-24(4-2)25-18-21/h4,6-7,19-24H,2-3,5,8-18H2,1H3/b7-6+. The predicted molar refractivity (Wildman–Crippen MR) is 108 cm³/mol. The van der Waals surface area contributed by atoms with Crippen LogP contribution in [-0.2, 0) is 4.74 Å². The Balaban J connectivity index is 1.35. The summed E-state index contributed by atoms with van der Waals surface area (Å²) in [6.45, 7) is 7.08. The normalized spacial score (nSPS) is 40.2. The molecule has 0 N–H and O–H groups in total. The summed E-state index contributed by atoms with van der Waals surface area (Å²) in [5.41, 5.74) is 0. The van der Waals surface area contributed by atoms with E-state index in [1.165, 1.54) is 70.6 Å². The van der Waals surface area contributed by atoms with Crippen molar-refractivity contribution in [2.24, 2.45) is 29.6 Å². The maximum Gasteiger partial charge on any atom is 0.0753 e. The second kappa shape index (κ2) is 9.95. The molecule has 0 aromatic carbocycles. The minimum absolute atomic E-state index is 0.299. The second-order valence-electron chi connectivity index (χ2n) is 9.07. The fourth-order valence-electron chi connectivity index (χ4n) is 5.61. The number of hydrogen-bond acceptors (Lipinski definition) is 1. The van der Waals surface area contributed by atoms with Crippen LogP contribution in [0.1, 0.15) is 84.0 Å². The third-order valence-corrected chi connectivity index (χ3v) is 7.34. The summed E-state index contributed by atoms with van der Waals surface area (Å²) in [6.07, 6.45) is 24.5. The third kappa shape index (κ3) is 5.71. The fourth-order valence-corrected chi connectivity index (χ4v) is 5.61. The van der Waals surface area contributed by atoms with Crippen LogP contribution < -0.4 is 0 Å². The van der Waals surface area contributed by atoms with Crippen LogP contribution in [0.5, 0.6) is 0 Å². The molecule has 1 saturated heterocycles. The Morgan fingerprint density at radius 3 is 1.96 bits per heavy atom. The van der Waals surface area contributed by atoms with Gasteiger partial charge in [-0.25, -0.2) is 0 Å². The summed E-state index contributed by atoms with van der Waals surface area (Å²) in [5, 5.41) is 0. The molecule has 2 saturated carbocycles. The Kier molecular flexibility index (Phi) is 7.65. The van der Waals surface area contributed by atoms with Gasteiger partial charge in [0, 0.05) is 5.92 Å². The van der Waals surface area contributed by atoms with Crippen molar-refractivity contribution in [1.29, 1.82) is 0 Å². The van der Waals surface area contributed by atoms with Gasteiger partial charge in [-0.1, -0.05) is 50.8 Å². The maximum atomic E-state index is 5.83. The van der Waals surface area contributed by atoms with Crippen LogP contribution in [0.15, 0.2) is 24.8 Å². The van der Waals surface area contributed by atoms with Gasteiger partial charge in [0.25, 0.3) is 0 Å². The van der Waals surface area contributed by atoms with Gasteiger partial charge in [-0.3, -0.25) is 0 Å². The molecule has 3 rings (SSSR count). The van der Waals surface area contributed by atoms with Crippen molar-refractivity contribution in [3.05, 3.63) is 24.8 Å². The average molecular weight is 345 g/mol. The monoisotopic (exact) mass is 344 g/mol. The molecule has 1 aliphatic heterocycles. The molecule has 0 bridgehead atoms. The highest BCUT2D eigenvalue weighted by Crippen LogP contribution is 2.42. The van der Waals surface area contributed by atoms with Crippen molar-refractivity contribution in [3.63, 3.8) is 0 Å². The van der Waals surface area contributed by atoms with Crippen molar-refractivity contribution in [3.8, 4) is 0 Å². The third-order valence-electron chi connectivity index (χ3n) is 7.34. The maximum absolute atomic E-state index is 5.83. The zero-order valence-corrected chi connectivity index (χ0v) is 16.5. The van der Waals surface area contributed by atoms with Gasteiger partial charge >= 0.3 is 0 Å². The highest BCUT2D eigenvalue weighted by molar-refractivity contribution is 4.97. The summed E-state index contributed by atoms with van der Waals surface area (Å²) in [5.74, 6) is 4.63.